The van der Waals surface area contributed by atoms with Crippen LogP contribution < -0.4 is 4.72 Å². The number of rotatable bonds is 5. The van der Waals surface area contributed by atoms with Gasteiger partial charge in [-0.3, -0.25) is 0 Å². The Bertz CT molecular complexity index is 485. The topological polar surface area (TPSA) is 46.2 Å². The number of sulfonamides is 1. The van der Waals surface area contributed by atoms with Crippen LogP contribution in [0.3, 0.4) is 0 Å². The molecule has 1 unspecified atom stereocenters. The Kier molecular flexibility index (Phi) is 5.16. The van der Waals surface area contributed by atoms with E-state index in [-0.39, 0.29) is 6.04 Å². The second kappa shape index (κ2) is 5.98. The summed E-state index contributed by atoms with van der Waals surface area (Å²) in [5.74, 6) is 0. The molecule has 1 atom stereocenters. The molecule has 96 valence electrons. The predicted molar refractivity (Wildman–Crippen MR) is 73.6 cm³/mol. The molecule has 0 aliphatic carbocycles. The molecule has 5 heteroatoms. The van der Waals surface area contributed by atoms with E-state index in [0.717, 1.165) is 18.4 Å². The van der Waals surface area contributed by atoms with Gasteiger partial charge in [-0.25, -0.2) is 13.1 Å². The minimum atomic E-state index is -3.43. The lowest BCUT2D eigenvalue weighted by Crippen LogP contribution is -2.32. The summed E-state index contributed by atoms with van der Waals surface area (Å²) >= 11 is 3.29. The van der Waals surface area contributed by atoms with Crippen LogP contribution in [0.5, 0.6) is 0 Å². The number of nitrogens with one attached hydrogen (secondary N) is 1. The zero-order chi connectivity index (χ0) is 13.1. The summed E-state index contributed by atoms with van der Waals surface area (Å²) in [5.41, 5.74) is 1.03. The summed E-state index contributed by atoms with van der Waals surface area (Å²) in [7, 11) is -3.43. The molecule has 0 aromatic heterocycles. The first-order valence-corrected chi connectivity index (χ1v) is 7.93. The van der Waals surface area contributed by atoms with E-state index < -0.39 is 10.0 Å². The highest BCUT2D eigenvalue weighted by atomic mass is 79.9. The average molecular weight is 320 g/mol. The van der Waals surface area contributed by atoms with Crippen molar-refractivity contribution >= 4 is 26.0 Å². The lowest BCUT2D eigenvalue weighted by molar-refractivity contribution is 0.543. The third kappa shape index (κ3) is 4.08. The van der Waals surface area contributed by atoms with Gasteiger partial charge in [-0.15, -0.1) is 0 Å². The molecule has 0 saturated carbocycles. The second-order valence-corrected chi connectivity index (χ2v) is 6.78. The third-order valence-corrected chi connectivity index (χ3v) is 5.02. The molecule has 1 rings (SSSR count). The van der Waals surface area contributed by atoms with Crippen LogP contribution in [0.25, 0.3) is 0 Å². The Morgan fingerprint density at radius 1 is 1.41 bits per heavy atom. The average Bonchev–Trinajstić information content (AvgIpc) is 2.15. The molecule has 1 aromatic rings. The molecule has 0 saturated heterocycles. The molecule has 17 heavy (non-hydrogen) atoms. The second-order valence-electron chi connectivity index (χ2n) is 4.24. The number of aryl methyl sites for hydroxylation is 1. The Labute approximate surface area is 112 Å². The minimum Gasteiger partial charge on any atom is -0.208 e. The summed E-state index contributed by atoms with van der Waals surface area (Å²) in [6.07, 6.45) is 1.79. The normalized spacial score (nSPS) is 13.6. The molecule has 0 aliphatic rings. The van der Waals surface area contributed by atoms with E-state index >= 15 is 0 Å². The van der Waals surface area contributed by atoms with E-state index in [9.17, 15) is 8.42 Å². The van der Waals surface area contributed by atoms with Gasteiger partial charge in [0, 0.05) is 10.5 Å². The van der Waals surface area contributed by atoms with Gasteiger partial charge in [-0.1, -0.05) is 19.4 Å². The van der Waals surface area contributed by atoms with Gasteiger partial charge >= 0.3 is 0 Å². The highest BCUT2D eigenvalue weighted by Gasteiger charge is 2.19. The quantitative estimate of drug-likeness (QED) is 0.905. The molecule has 0 fully saturated rings. The lowest BCUT2D eigenvalue weighted by atomic mass is 10.2. The van der Waals surface area contributed by atoms with Gasteiger partial charge in [0.2, 0.25) is 10.0 Å². The number of halogens is 1. The molecular weight excluding hydrogens is 302 g/mol. The molecule has 0 radical (unpaired) electrons. The largest absolute Gasteiger partial charge is 0.241 e. The highest BCUT2D eigenvalue weighted by Crippen LogP contribution is 2.23. The van der Waals surface area contributed by atoms with Crippen LogP contribution in [0.4, 0.5) is 0 Å². The molecule has 0 amide bonds. The van der Waals surface area contributed by atoms with Crippen molar-refractivity contribution in [2.75, 3.05) is 0 Å². The summed E-state index contributed by atoms with van der Waals surface area (Å²) in [6.45, 7) is 5.84. The maximum atomic E-state index is 12.1. The minimum absolute atomic E-state index is 0.0433. The third-order valence-electron chi connectivity index (χ3n) is 2.45. The van der Waals surface area contributed by atoms with Crippen molar-refractivity contribution in [1.29, 1.82) is 0 Å². The van der Waals surface area contributed by atoms with Gasteiger partial charge in [0.05, 0.1) is 4.90 Å². The van der Waals surface area contributed by atoms with Crippen molar-refractivity contribution < 1.29 is 8.42 Å². The molecular formula is C12H18BrNO2S. The summed E-state index contributed by atoms with van der Waals surface area (Å²) < 4.78 is 27.5. The molecule has 0 bridgehead atoms. The Morgan fingerprint density at radius 3 is 2.59 bits per heavy atom. The number of hydrogen-bond donors (Lipinski definition) is 1. The van der Waals surface area contributed by atoms with Crippen LogP contribution in [-0.4, -0.2) is 14.5 Å². The summed E-state index contributed by atoms with van der Waals surface area (Å²) in [4.78, 5) is 0.297. The van der Waals surface area contributed by atoms with Crippen molar-refractivity contribution in [3.05, 3.63) is 28.2 Å². The van der Waals surface area contributed by atoms with Crippen LogP contribution in [0.2, 0.25) is 0 Å². The lowest BCUT2D eigenvalue weighted by Gasteiger charge is -2.14. The van der Waals surface area contributed by atoms with E-state index in [4.69, 9.17) is 0 Å². The van der Waals surface area contributed by atoms with E-state index in [0.29, 0.717) is 9.37 Å². The summed E-state index contributed by atoms with van der Waals surface area (Å²) in [6, 6.07) is 5.18. The standard InChI is InChI=1S/C12H18BrNO2S/c1-4-5-10(3)14-17(15,16)12-7-6-9(2)8-11(12)13/h6-8,10,14H,4-5H2,1-3H3. The van der Waals surface area contributed by atoms with Crippen molar-refractivity contribution in [2.45, 2.75) is 44.6 Å². The smallest absolute Gasteiger partial charge is 0.208 e. The molecule has 1 aromatic carbocycles. The van der Waals surface area contributed by atoms with Gasteiger partial charge in [-0.2, -0.15) is 0 Å². The zero-order valence-corrected chi connectivity index (χ0v) is 12.7. The Hall–Kier alpha value is -0.390. The van der Waals surface area contributed by atoms with Gasteiger partial charge in [0.15, 0.2) is 0 Å². The van der Waals surface area contributed by atoms with Crippen molar-refractivity contribution in [3.8, 4) is 0 Å². The van der Waals surface area contributed by atoms with Crippen molar-refractivity contribution in [2.24, 2.45) is 0 Å². The monoisotopic (exact) mass is 319 g/mol. The van der Waals surface area contributed by atoms with Gasteiger partial charge < -0.3 is 0 Å². The van der Waals surface area contributed by atoms with Gasteiger partial charge in [0.25, 0.3) is 0 Å². The molecule has 0 aliphatic heterocycles. The van der Waals surface area contributed by atoms with Crippen LogP contribution in [0.15, 0.2) is 27.6 Å². The molecule has 0 spiro atoms. The van der Waals surface area contributed by atoms with E-state index in [1.54, 1.807) is 18.2 Å². The maximum absolute atomic E-state index is 12.1. The molecule has 3 nitrogen and oxygen atoms in total. The first-order valence-electron chi connectivity index (χ1n) is 5.65. The van der Waals surface area contributed by atoms with Gasteiger partial charge in [-0.05, 0) is 53.9 Å². The highest BCUT2D eigenvalue weighted by molar-refractivity contribution is 9.10. The number of benzene rings is 1. The van der Waals surface area contributed by atoms with E-state index in [2.05, 4.69) is 20.7 Å². The maximum Gasteiger partial charge on any atom is 0.241 e. The van der Waals surface area contributed by atoms with Crippen molar-refractivity contribution in [1.82, 2.24) is 4.72 Å². The fourth-order valence-electron chi connectivity index (χ4n) is 1.64. The van der Waals surface area contributed by atoms with Crippen LogP contribution >= 0.6 is 15.9 Å². The van der Waals surface area contributed by atoms with Crippen molar-refractivity contribution in [3.63, 3.8) is 0 Å². The zero-order valence-electron chi connectivity index (χ0n) is 10.3. The Balaban J connectivity index is 2.97. The van der Waals surface area contributed by atoms with Crippen LogP contribution in [0.1, 0.15) is 32.3 Å². The predicted octanol–water partition coefficient (Wildman–Crippen LogP) is 3.22. The fourth-order valence-corrected chi connectivity index (χ4v) is 4.11. The molecule has 1 N–H and O–H groups in total. The molecule has 0 heterocycles. The fraction of sp³-hybridized carbons (Fsp3) is 0.500. The first kappa shape index (κ1) is 14.7. The van der Waals surface area contributed by atoms with E-state index in [1.807, 2.05) is 20.8 Å². The Morgan fingerprint density at radius 2 is 2.06 bits per heavy atom. The van der Waals surface area contributed by atoms with Crippen LogP contribution in [-0.2, 0) is 10.0 Å². The summed E-state index contributed by atoms with van der Waals surface area (Å²) in [5, 5.41) is 0. The SMILES string of the molecule is CCCC(C)NS(=O)(=O)c1ccc(C)cc1Br. The van der Waals surface area contributed by atoms with Crippen LogP contribution in [0, 0.1) is 6.92 Å². The first-order chi connectivity index (χ1) is 7.86. The van der Waals surface area contributed by atoms with E-state index in [1.165, 1.54) is 0 Å². The number of hydrogen-bond acceptors (Lipinski definition) is 2. The van der Waals surface area contributed by atoms with Gasteiger partial charge in [0.1, 0.15) is 0 Å².